The molecule has 3 nitrogen and oxygen atoms in total. The smallest absolute Gasteiger partial charge is 0.383 e. The number of aryl methyl sites for hydroxylation is 1. The van der Waals surface area contributed by atoms with E-state index in [1.165, 1.54) is 10.7 Å². The van der Waals surface area contributed by atoms with Gasteiger partial charge >= 0.3 is 6.18 Å². The van der Waals surface area contributed by atoms with Crippen LogP contribution in [-0.2, 0) is 19.0 Å². The molecule has 6 heteroatoms. The van der Waals surface area contributed by atoms with Gasteiger partial charge < -0.3 is 5.73 Å². The molecule has 0 bridgehead atoms. The standard InChI is InChI=1S/C14H14F3N3/c15-14(16,17)9-4-3-5-10(8-9)20-13(18)11-6-1-2-7-12(11)19-20/h3-5,8H,1-2,6-7,18H2. The van der Waals surface area contributed by atoms with Crippen LogP contribution in [0.15, 0.2) is 24.3 Å². The maximum absolute atomic E-state index is 12.8. The molecule has 1 heterocycles. The largest absolute Gasteiger partial charge is 0.416 e. The van der Waals surface area contributed by atoms with Crippen LogP contribution in [0.2, 0.25) is 0 Å². The van der Waals surface area contributed by atoms with Gasteiger partial charge in [-0.25, -0.2) is 4.68 Å². The number of fused-ring (bicyclic) bond motifs is 1. The van der Waals surface area contributed by atoms with Gasteiger partial charge in [0.15, 0.2) is 0 Å². The minimum Gasteiger partial charge on any atom is -0.383 e. The third-order valence-electron chi connectivity index (χ3n) is 3.61. The van der Waals surface area contributed by atoms with Crippen molar-refractivity contribution in [2.24, 2.45) is 0 Å². The first-order valence-corrected chi connectivity index (χ1v) is 6.50. The van der Waals surface area contributed by atoms with Crippen molar-refractivity contribution < 1.29 is 13.2 Å². The third kappa shape index (κ3) is 2.15. The Morgan fingerprint density at radius 3 is 2.60 bits per heavy atom. The van der Waals surface area contributed by atoms with Crippen molar-refractivity contribution in [3.8, 4) is 5.69 Å². The Hall–Kier alpha value is -1.98. The highest BCUT2D eigenvalue weighted by Gasteiger charge is 2.31. The van der Waals surface area contributed by atoms with Crippen molar-refractivity contribution in [3.63, 3.8) is 0 Å². The fourth-order valence-electron chi connectivity index (χ4n) is 2.59. The number of rotatable bonds is 1. The van der Waals surface area contributed by atoms with E-state index in [-0.39, 0.29) is 0 Å². The summed E-state index contributed by atoms with van der Waals surface area (Å²) in [6.07, 6.45) is -0.583. The SMILES string of the molecule is Nc1c2c(nn1-c1cccc(C(F)(F)F)c1)CCCC2. The summed E-state index contributed by atoms with van der Waals surface area (Å²) in [7, 11) is 0. The topological polar surface area (TPSA) is 43.8 Å². The molecule has 2 aromatic rings. The number of benzene rings is 1. The van der Waals surface area contributed by atoms with Crippen LogP contribution in [0.25, 0.3) is 5.69 Å². The quantitative estimate of drug-likeness (QED) is 0.871. The van der Waals surface area contributed by atoms with Crippen molar-refractivity contribution in [2.75, 3.05) is 5.73 Å². The van der Waals surface area contributed by atoms with Crippen molar-refractivity contribution in [2.45, 2.75) is 31.9 Å². The summed E-state index contributed by atoms with van der Waals surface area (Å²) < 4.78 is 39.7. The number of hydrogen-bond donors (Lipinski definition) is 1. The summed E-state index contributed by atoms with van der Waals surface area (Å²) in [6, 6.07) is 5.08. The predicted octanol–water partition coefficient (Wildman–Crippen LogP) is 3.35. The number of nitrogen functional groups attached to an aromatic ring is 1. The zero-order chi connectivity index (χ0) is 14.3. The Bertz CT molecular complexity index is 644. The first kappa shape index (κ1) is 13.0. The molecular weight excluding hydrogens is 267 g/mol. The van der Waals surface area contributed by atoms with Gasteiger partial charge in [-0.2, -0.15) is 18.3 Å². The van der Waals surface area contributed by atoms with Crippen LogP contribution >= 0.6 is 0 Å². The lowest BCUT2D eigenvalue weighted by Gasteiger charge is -2.10. The fourth-order valence-corrected chi connectivity index (χ4v) is 2.59. The molecule has 0 amide bonds. The van der Waals surface area contributed by atoms with Gasteiger partial charge in [0.2, 0.25) is 0 Å². The molecule has 0 aliphatic heterocycles. The molecule has 0 fully saturated rings. The molecule has 0 unspecified atom stereocenters. The summed E-state index contributed by atoms with van der Waals surface area (Å²) in [6.45, 7) is 0. The summed E-state index contributed by atoms with van der Waals surface area (Å²) in [4.78, 5) is 0. The maximum atomic E-state index is 12.8. The molecular formula is C14H14F3N3. The van der Waals surface area contributed by atoms with Crippen LogP contribution in [0, 0.1) is 0 Å². The van der Waals surface area contributed by atoms with E-state index in [0.717, 1.165) is 49.1 Å². The average molecular weight is 281 g/mol. The predicted molar refractivity (Wildman–Crippen MR) is 69.6 cm³/mol. The second kappa shape index (κ2) is 4.54. The summed E-state index contributed by atoms with van der Waals surface area (Å²) in [5.74, 6) is 0.457. The number of alkyl halides is 3. The highest BCUT2D eigenvalue weighted by atomic mass is 19.4. The lowest BCUT2D eigenvalue weighted by Crippen LogP contribution is -2.08. The minimum atomic E-state index is -4.36. The van der Waals surface area contributed by atoms with Crippen molar-refractivity contribution >= 4 is 5.82 Å². The molecule has 0 spiro atoms. The molecule has 2 N–H and O–H groups in total. The van der Waals surface area contributed by atoms with Crippen molar-refractivity contribution in [1.82, 2.24) is 9.78 Å². The second-order valence-corrected chi connectivity index (χ2v) is 4.98. The molecule has 1 aliphatic rings. The third-order valence-corrected chi connectivity index (χ3v) is 3.61. The molecule has 3 rings (SSSR count). The van der Waals surface area contributed by atoms with E-state index in [4.69, 9.17) is 5.73 Å². The number of nitrogens with two attached hydrogens (primary N) is 1. The lowest BCUT2D eigenvalue weighted by atomic mass is 9.98. The first-order chi connectivity index (χ1) is 9.47. The van der Waals surface area contributed by atoms with Crippen molar-refractivity contribution in [3.05, 3.63) is 41.1 Å². The first-order valence-electron chi connectivity index (χ1n) is 6.50. The van der Waals surface area contributed by atoms with E-state index in [2.05, 4.69) is 5.10 Å². The van der Waals surface area contributed by atoms with Gasteiger partial charge in [-0.05, 0) is 43.9 Å². The molecule has 0 atom stereocenters. The molecule has 1 aliphatic carbocycles. The summed E-state index contributed by atoms with van der Waals surface area (Å²) in [5, 5.41) is 4.37. The van der Waals surface area contributed by atoms with Gasteiger partial charge in [0.05, 0.1) is 16.9 Å². The lowest BCUT2D eigenvalue weighted by molar-refractivity contribution is -0.137. The summed E-state index contributed by atoms with van der Waals surface area (Å²) >= 11 is 0. The molecule has 0 saturated carbocycles. The highest BCUT2D eigenvalue weighted by molar-refractivity contribution is 5.51. The Kier molecular flexibility index (Phi) is 2.96. The van der Waals surface area contributed by atoms with Gasteiger partial charge in [0.1, 0.15) is 5.82 Å². The number of halogens is 3. The minimum absolute atomic E-state index is 0.353. The van der Waals surface area contributed by atoms with Crippen LogP contribution < -0.4 is 5.73 Å². The highest BCUT2D eigenvalue weighted by Crippen LogP contribution is 2.32. The van der Waals surface area contributed by atoms with Gasteiger partial charge in [0, 0.05) is 5.56 Å². The van der Waals surface area contributed by atoms with Gasteiger partial charge in [-0.3, -0.25) is 0 Å². The molecule has 1 aromatic heterocycles. The summed E-state index contributed by atoms with van der Waals surface area (Å²) in [5.41, 5.74) is 7.58. The molecule has 0 saturated heterocycles. The van der Waals surface area contributed by atoms with Crippen LogP contribution in [-0.4, -0.2) is 9.78 Å². The fraction of sp³-hybridized carbons (Fsp3) is 0.357. The van der Waals surface area contributed by atoms with Crippen LogP contribution in [0.5, 0.6) is 0 Å². The number of hydrogen-bond acceptors (Lipinski definition) is 2. The molecule has 106 valence electrons. The van der Waals surface area contributed by atoms with Crippen molar-refractivity contribution in [1.29, 1.82) is 0 Å². The van der Waals surface area contributed by atoms with E-state index >= 15 is 0 Å². The number of aromatic nitrogens is 2. The van der Waals surface area contributed by atoms with E-state index in [9.17, 15) is 13.2 Å². The van der Waals surface area contributed by atoms with Crippen LogP contribution in [0.1, 0.15) is 29.7 Å². The zero-order valence-electron chi connectivity index (χ0n) is 10.7. The molecule has 1 aromatic carbocycles. The Morgan fingerprint density at radius 1 is 1.15 bits per heavy atom. The second-order valence-electron chi connectivity index (χ2n) is 4.98. The molecule has 20 heavy (non-hydrogen) atoms. The van der Waals surface area contributed by atoms with E-state index < -0.39 is 11.7 Å². The number of anilines is 1. The Balaban J connectivity index is 2.08. The average Bonchev–Trinajstić information content (AvgIpc) is 2.76. The normalized spacial score (nSPS) is 15.2. The van der Waals surface area contributed by atoms with Crippen LogP contribution in [0.4, 0.5) is 19.0 Å². The van der Waals surface area contributed by atoms with Gasteiger partial charge in [-0.15, -0.1) is 0 Å². The van der Waals surface area contributed by atoms with E-state index in [0.29, 0.717) is 11.5 Å². The van der Waals surface area contributed by atoms with E-state index in [1.54, 1.807) is 6.07 Å². The van der Waals surface area contributed by atoms with Gasteiger partial charge in [-0.1, -0.05) is 6.07 Å². The molecule has 0 radical (unpaired) electrons. The number of nitrogens with zero attached hydrogens (tertiary/aromatic N) is 2. The Morgan fingerprint density at radius 2 is 1.90 bits per heavy atom. The van der Waals surface area contributed by atoms with Crippen LogP contribution in [0.3, 0.4) is 0 Å². The Labute approximate surface area is 114 Å². The van der Waals surface area contributed by atoms with E-state index in [1.807, 2.05) is 0 Å². The monoisotopic (exact) mass is 281 g/mol. The van der Waals surface area contributed by atoms with Gasteiger partial charge in [0.25, 0.3) is 0 Å². The zero-order valence-corrected chi connectivity index (χ0v) is 10.7. The maximum Gasteiger partial charge on any atom is 0.416 e.